The van der Waals surface area contributed by atoms with Gasteiger partial charge in [0.2, 0.25) is 0 Å². The largest absolute Gasteiger partial charge is 0.507 e. The lowest BCUT2D eigenvalue weighted by atomic mass is 10.00. The minimum atomic E-state index is -1.35. The van der Waals surface area contributed by atoms with Crippen LogP contribution in [0.1, 0.15) is 27.6 Å². The molecular weight excluding hydrogens is 200 g/mol. The molecule has 0 bridgehead atoms. The van der Waals surface area contributed by atoms with Gasteiger partial charge in [-0.25, -0.2) is 4.79 Å². The maximum absolute atomic E-state index is 11.4. The molecule has 80 valence electrons. The number of aromatic hydroxyl groups is 1. The molecule has 5 nitrogen and oxygen atoms in total. The Labute approximate surface area is 85.6 Å². The molecule has 1 rings (SSSR count). The Balaban J connectivity index is 3.37. The van der Waals surface area contributed by atoms with Gasteiger partial charge in [0.1, 0.15) is 11.9 Å². The van der Waals surface area contributed by atoms with Crippen molar-refractivity contribution in [3.05, 3.63) is 29.3 Å². The summed E-state index contributed by atoms with van der Waals surface area (Å²) in [7, 11) is 0. The third-order valence-electron chi connectivity index (χ3n) is 1.90. The van der Waals surface area contributed by atoms with E-state index in [4.69, 9.17) is 10.2 Å². The van der Waals surface area contributed by atoms with Gasteiger partial charge in [0.15, 0.2) is 5.78 Å². The van der Waals surface area contributed by atoms with Crippen molar-refractivity contribution >= 4 is 11.8 Å². The number of ketones is 1. The third kappa shape index (κ3) is 2.13. The Morgan fingerprint density at radius 1 is 1.33 bits per heavy atom. The van der Waals surface area contributed by atoms with E-state index in [1.807, 2.05) is 0 Å². The second-order valence-corrected chi connectivity index (χ2v) is 3.05. The van der Waals surface area contributed by atoms with Gasteiger partial charge in [0.05, 0.1) is 11.1 Å². The van der Waals surface area contributed by atoms with Crippen LogP contribution in [0, 0.1) is 0 Å². The highest BCUT2D eigenvalue weighted by Gasteiger charge is 2.23. The molecule has 1 atom stereocenters. The van der Waals surface area contributed by atoms with Gasteiger partial charge in [-0.3, -0.25) is 4.79 Å². The predicted molar refractivity (Wildman–Crippen MR) is 51.1 cm³/mol. The van der Waals surface area contributed by atoms with E-state index in [2.05, 4.69) is 0 Å². The van der Waals surface area contributed by atoms with Crippen molar-refractivity contribution in [1.82, 2.24) is 0 Å². The predicted octanol–water partition coefficient (Wildman–Crippen LogP) is 0.654. The van der Waals surface area contributed by atoms with Crippen LogP contribution in [-0.4, -0.2) is 33.2 Å². The monoisotopic (exact) mass is 210 g/mol. The highest BCUT2D eigenvalue weighted by Crippen LogP contribution is 2.22. The number of aromatic carboxylic acids is 1. The van der Waals surface area contributed by atoms with E-state index in [1.54, 1.807) is 0 Å². The fourth-order valence-corrected chi connectivity index (χ4v) is 1.19. The third-order valence-corrected chi connectivity index (χ3v) is 1.90. The Morgan fingerprint density at radius 3 is 2.40 bits per heavy atom. The average molecular weight is 210 g/mol. The highest BCUT2D eigenvalue weighted by atomic mass is 16.4. The topological polar surface area (TPSA) is 94.8 Å². The molecule has 15 heavy (non-hydrogen) atoms. The molecular formula is C10H10O5. The van der Waals surface area contributed by atoms with E-state index in [0.717, 1.165) is 0 Å². The summed E-state index contributed by atoms with van der Waals surface area (Å²) in [5.74, 6) is -2.58. The first kappa shape index (κ1) is 11.2. The van der Waals surface area contributed by atoms with Crippen LogP contribution in [0.15, 0.2) is 18.2 Å². The van der Waals surface area contributed by atoms with E-state index < -0.39 is 23.6 Å². The fourth-order valence-electron chi connectivity index (χ4n) is 1.19. The van der Waals surface area contributed by atoms with Crippen molar-refractivity contribution in [2.24, 2.45) is 0 Å². The number of hydrogen-bond donors (Lipinski definition) is 3. The minimum Gasteiger partial charge on any atom is -0.507 e. The van der Waals surface area contributed by atoms with E-state index in [0.29, 0.717) is 0 Å². The molecule has 0 aliphatic carbocycles. The van der Waals surface area contributed by atoms with E-state index >= 15 is 0 Å². The smallest absolute Gasteiger partial charge is 0.336 e. The quantitative estimate of drug-likeness (QED) is 0.637. The van der Waals surface area contributed by atoms with Crippen molar-refractivity contribution in [1.29, 1.82) is 0 Å². The number of phenols is 1. The lowest BCUT2D eigenvalue weighted by Crippen LogP contribution is -2.19. The Morgan fingerprint density at radius 2 is 1.93 bits per heavy atom. The van der Waals surface area contributed by atoms with E-state index in [1.165, 1.54) is 25.1 Å². The number of rotatable bonds is 3. The first-order valence-electron chi connectivity index (χ1n) is 4.22. The van der Waals surface area contributed by atoms with Gasteiger partial charge in [0, 0.05) is 0 Å². The second kappa shape index (κ2) is 4.10. The van der Waals surface area contributed by atoms with Gasteiger partial charge in [-0.05, 0) is 19.1 Å². The Hall–Kier alpha value is -1.88. The number of aliphatic hydroxyl groups excluding tert-OH is 1. The van der Waals surface area contributed by atoms with Crippen molar-refractivity contribution < 1.29 is 24.9 Å². The first-order chi connectivity index (χ1) is 6.95. The summed E-state index contributed by atoms with van der Waals surface area (Å²) < 4.78 is 0. The molecule has 0 heterocycles. The molecule has 0 saturated carbocycles. The second-order valence-electron chi connectivity index (χ2n) is 3.05. The zero-order chi connectivity index (χ0) is 11.6. The molecule has 0 spiro atoms. The molecule has 0 amide bonds. The summed E-state index contributed by atoms with van der Waals surface area (Å²) in [5.41, 5.74) is -0.680. The van der Waals surface area contributed by atoms with Crippen molar-refractivity contribution in [2.45, 2.75) is 13.0 Å². The lowest BCUT2D eigenvalue weighted by molar-refractivity contribution is 0.0680. The maximum atomic E-state index is 11.4. The zero-order valence-corrected chi connectivity index (χ0v) is 7.97. The lowest BCUT2D eigenvalue weighted by Gasteiger charge is -2.08. The minimum absolute atomic E-state index is 0.319. The van der Waals surface area contributed by atoms with Crippen LogP contribution in [0.4, 0.5) is 0 Å². The number of hydrogen-bond acceptors (Lipinski definition) is 4. The molecule has 0 radical (unpaired) electrons. The number of phenolic OH excluding ortho intramolecular Hbond substituents is 1. The summed E-state index contributed by atoms with van der Waals surface area (Å²) in [6.45, 7) is 1.21. The summed E-state index contributed by atoms with van der Waals surface area (Å²) >= 11 is 0. The normalized spacial score (nSPS) is 12.1. The molecule has 0 aliphatic rings. The fraction of sp³-hybridized carbons (Fsp3) is 0.200. The highest BCUT2D eigenvalue weighted by molar-refractivity contribution is 6.09. The summed E-state index contributed by atoms with van der Waals surface area (Å²) in [6.07, 6.45) is -1.35. The van der Waals surface area contributed by atoms with Gasteiger partial charge in [-0.1, -0.05) is 6.07 Å². The summed E-state index contributed by atoms with van der Waals surface area (Å²) in [5, 5.41) is 27.2. The van der Waals surface area contributed by atoms with Crippen LogP contribution in [0.2, 0.25) is 0 Å². The molecule has 5 heteroatoms. The molecule has 0 aliphatic heterocycles. The van der Waals surface area contributed by atoms with Gasteiger partial charge in [-0.15, -0.1) is 0 Å². The molecule has 0 fully saturated rings. The number of aliphatic hydroxyl groups is 1. The van der Waals surface area contributed by atoms with Gasteiger partial charge in [0.25, 0.3) is 0 Å². The van der Waals surface area contributed by atoms with Crippen LogP contribution in [-0.2, 0) is 0 Å². The number of benzene rings is 1. The number of carboxylic acids is 1. The molecule has 3 N–H and O–H groups in total. The SMILES string of the molecule is CC(O)C(=O)c1c(O)cccc1C(=O)O. The zero-order valence-electron chi connectivity index (χ0n) is 7.97. The van der Waals surface area contributed by atoms with Gasteiger partial charge in [-0.2, -0.15) is 0 Å². The van der Waals surface area contributed by atoms with Crippen molar-refractivity contribution in [2.75, 3.05) is 0 Å². The number of carboxylic acid groups (broad SMARTS) is 1. The number of Topliss-reactive ketones (excluding diaryl/α,β-unsaturated/α-hetero) is 1. The van der Waals surface area contributed by atoms with Crippen molar-refractivity contribution in [3.8, 4) is 5.75 Å². The molecule has 1 aromatic carbocycles. The van der Waals surface area contributed by atoms with Crippen LogP contribution in [0.25, 0.3) is 0 Å². The van der Waals surface area contributed by atoms with Gasteiger partial charge < -0.3 is 15.3 Å². The van der Waals surface area contributed by atoms with E-state index in [9.17, 15) is 14.7 Å². The van der Waals surface area contributed by atoms with Crippen LogP contribution in [0.3, 0.4) is 0 Å². The van der Waals surface area contributed by atoms with Crippen molar-refractivity contribution in [3.63, 3.8) is 0 Å². The van der Waals surface area contributed by atoms with Gasteiger partial charge >= 0.3 is 5.97 Å². The van der Waals surface area contributed by atoms with Crippen LogP contribution in [0.5, 0.6) is 5.75 Å². The Kier molecular flexibility index (Phi) is 3.06. The van der Waals surface area contributed by atoms with E-state index in [-0.39, 0.29) is 11.1 Å². The molecule has 0 saturated heterocycles. The molecule has 1 aromatic rings. The summed E-state index contributed by atoms with van der Waals surface area (Å²) in [6, 6.07) is 3.71. The van der Waals surface area contributed by atoms with Crippen LogP contribution < -0.4 is 0 Å². The first-order valence-corrected chi connectivity index (χ1v) is 4.22. The average Bonchev–Trinajstić information content (AvgIpc) is 2.16. The molecule has 0 aromatic heterocycles. The summed E-state index contributed by atoms with van der Waals surface area (Å²) in [4.78, 5) is 22.2. The standard InChI is InChI=1S/C10H10O5/c1-5(11)9(13)8-6(10(14)15)3-2-4-7(8)12/h2-5,11-12H,1H3,(H,14,15). The maximum Gasteiger partial charge on any atom is 0.336 e. The Bertz CT molecular complexity index is 408. The number of carbonyl (C=O) groups excluding carboxylic acids is 1. The van der Waals surface area contributed by atoms with Crippen LogP contribution >= 0.6 is 0 Å². The number of carbonyl (C=O) groups is 2. The molecule has 1 unspecified atom stereocenters.